The number of hydrogen-bond acceptors (Lipinski definition) is 11. The number of rotatable bonds is 5. The topological polar surface area (TPSA) is 158 Å². The first-order chi connectivity index (χ1) is 19.3. The number of hydrogen-bond donors (Lipinski definition) is 5. The van der Waals surface area contributed by atoms with Gasteiger partial charge in [0.15, 0.2) is 6.29 Å². The number of nitrogens with two attached hydrogens (primary N) is 1. The van der Waals surface area contributed by atoms with E-state index in [2.05, 4.69) is 0 Å². The van der Waals surface area contributed by atoms with Crippen molar-refractivity contribution in [3.8, 4) is 0 Å². The van der Waals surface area contributed by atoms with Crippen molar-refractivity contribution < 1.29 is 39.4 Å². The van der Waals surface area contributed by atoms with Gasteiger partial charge in [0.25, 0.3) is 0 Å². The van der Waals surface area contributed by atoms with E-state index in [-0.39, 0.29) is 36.6 Å². The van der Waals surface area contributed by atoms with Crippen LogP contribution in [0.2, 0.25) is 0 Å². The van der Waals surface area contributed by atoms with Crippen LogP contribution in [-0.4, -0.2) is 124 Å². The van der Waals surface area contributed by atoms with Crippen LogP contribution >= 0.6 is 0 Å². The highest BCUT2D eigenvalue weighted by Gasteiger charge is 2.49. The van der Waals surface area contributed by atoms with Gasteiger partial charge in [-0.1, -0.05) is 34.6 Å². The Morgan fingerprint density at radius 3 is 2.19 bits per heavy atom. The zero-order valence-electron chi connectivity index (χ0n) is 27.9. The van der Waals surface area contributed by atoms with E-state index in [4.69, 9.17) is 19.9 Å². The predicted molar refractivity (Wildman–Crippen MR) is 161 cm³/mol. The van der Waals surface area contributed by atoms with Crippen molar-refractivity contribution >= 4 is 5.97 Å². The van der Waals surface area contributed by atoms with Crippen LogP contribution in [0.4, 0.5) is 0 Å². The number of aliphatic hydroxyl groups excluding tert-OH is 2. The molecular weight excluding hydrogens is 542 g/mol. The van der Waals surface area contributed by atoms with Crippen molar-refractivity contribution in [2.75, 3.05) is 27.3 Å². The Kier molecular flexibility index (Phi) is 13.3. The number of cyclic esters (lactones) is 1. The number of nitrogens with zero attached hydrogens (tertiary/aromatic N) is 2. The van der Waals surface area contributed by atoms with Crippen molar-refractivity contribution in [1.82, 2.24) is 9.80 Å². The molecule has 0 aromatic carbocycles. The molecule has 1 unspecified atom stereocenters. The normalized spacial score (nSPS) is 47.5. The van der Waals surface area contributed by atoms with Crippen LogP contribution in [0.25, 0.3) is 0 Å². The molecule has 0 radical (unpaired) electrons. The largest absolute Gasteiger partial charge is 0.459 e. The zero-order chi connectivity index (χ0) is 32.3. The number of carbonyl (C=O) groups is 1. The van der Waals surface area contributed by atoms with Gasteiger partial charge in [0.05, 0.1) is 23.7 Å². The minimum atomic E-state index is -1.72. The lowest BCUT2D eigenvalue weighted by atomic mass is 9.74. The maximum atomic E-state index is 13.5. The zero-order valence-corrected chi connectivity index (χ0v) is 27.9. The predicted octanol–water partition coefficient (Wildman–Crippen LogP) is 1.54. The van der Waals surface area contributed by atoms with E-state index >= 15 is 0 Å². The molecule has 2 fully saturated rings. The van der Waals surface area contributed by atoms with Crippen molar-refractivity contribution in [3.63, 3.8) is 0 Å². The summed E-state index contributed by atoms with van der Waals surface area (Å²) in [5, 5.41) is 46.1. The van der Waals surface area contributed by atoms with Gasteiger partial charge < -0.3 is 45.3 Å². The Labute approximate surface area is 253 Å². The molecule has 248 valence electrons. The van der Waals surface area contributed by atoms with E-state index < -0.39 is 59.8 Å². The van der Waals surface area contributed by atoms with Crippen LogP contribution in [-0.2, 0) is 19.0 Å². The first-order valence-corrected chi connectivity index (χ1v) is 15.7. The number of aliphatic hydroxyl groups is 4. The third kappa shape index (κ3) is 8.43. The Morgan fingerprint density at radius 1 is 1.07 bits per heavy atom. The summed E-state index contributed by atoms with van der Waals surface area (Å²) < 4.78 is 18.5. The molecule has 2 aliphatic heterocycles. The Hall–Kier alpha value is -0.890. The van der Waals surface area contributed by atoms with Crippen molar-refractivity contribution in [2.24, 2.45) is 29.4 Å². The highest BCUT2D eigenvalue weighted by molar-refractivity contribution is 5.72. The Balaban J connectivity index is 2.55. The molecule has 2 heterocycles. The van der Waals surface area contributed by atoms with Crippen LogP contribution in [0.5, 0.6) is 0 Å². The average Bonchev–Trinajstić information content (AvgIpc) is 2.91. The van der Waals surface area contributed by atoms with Gasteiger partial charge in [-0.3, -0.25) is 9.69 Å². The molecule has 0 aromatic heterocycles. The smallest absolute Gasteiger partial charge is 0.309 e. The quantitative estimate of drug-likeness (QED) is 0.290. The second-order valence-corrected chi connectivity index (χ2v) is 14.0. The summed E-state index contributed by atoms with van der Waals surface area (Å²) in [5.41, 5.74) is 3.01. The number of ether oxygens (including phenoxy) is 3. The summed E-state index contributed by atoms with van der Waals surface area (Å²) in [6, 6.07) is -0.746. The fraction of sp³-hybridized carbons (Fsp3) is 0.968. The lowest BCUT2D eigenvalue weighted by Crippen LogP contribution is -2.60. The lowest BCUT2D eigenvalue weighted by Gasteiger charge is -2.47. The molecule has 11 heteroatoms. The molecule has 0 spiro atoms. The monoisotopic (exact) mass is 603 g/mol. The van der Waals surface area contributed by atoms with E-state index in [1.807, 2.05) is 51.6 Å². The highest BCUT2D eigenvalue weighted by Crippen LogP contribution is 2.38. The molecule has 2 saturated heterocycles. The Bertz CT molecular complexity index is 858. The second-order valence-electron chi connectivity index (χ2n) is 14.0. The SMILES string of the molecule is CC[C@H]1OC(=O)[C@H](C)[C@@H](C)[C@H](C)[C@@H](O[C@@H]2OC(C)C[C@@H](N(C)C)[C@H]2O)[C@](C)(O)C[C@@H](C)CN(CN)[C@H](C)[C@@H](O)[C@]1(C)O. The second kappa shape index (κ2) is 14.9. The first-order valence-electron chi connectivity index (χ1n) is 15.7. The molecule has 0 bridgehead atoms. The summed E-state index contributed by atoms with van der Waals surface area (Å²) >= 11 is 0. The molecule has 0 aromatic rings. The van der Waals surface area contributed by atoms with E-state index in [1.54, 1.807) is 27.7 Å². The fourth-order valence-corrected chi connectivity index (χ4v) is 7.02. The highest BCUT2D eigenvalue weighted by atomic mass is 16.7. The summed E-state index contributed by atoms with van der Waals surface area (Å²) in [6.45, 7) is 16.9. The molecule has 0 aliphatic carbocycles. The standard InChI is InChI=1S/C31H61N3O8/c1-12-24-31(9,39)26(36)22(7)34(16-32)15-17(2)14-30(8,38)27(20(5)19(4)21(6)28(37)41-24)42-29-25(35)23(33(10)11)13-18(3)40-29/h17-27,29,35-36,38-39H,12-16,32H2,1-11H3/t17-,18?,19+,20+,21-,22-,23-,24-,25-,26-,27-,29+,30-,31-/m1/s1. The number of likely N-dealkylation sites (N-methyl/N-ethyl adjacent to an activating group) is 1. The molecule has 42 heavy (non-hydrogen) atoms. The van der Waals surface area contributed by atoms with Crippen LogP contribution in [0.3, 0.4) is 0 Å². The lowest BCUT2D eigenvalue weighted by molar-refractivity contribution is -0.297. The van der Waals surface area contributed by atoms with Gasteiger partial charge in [0, 0.05) is 25.3 Å². The molecule has 2 aliphatic rings. The van der Waals surface area contributed by atoms with Gasteiger partial charge >= 0.3 is 5.97 Å². The van der Waals surface area contributed by atoms with Gasteiger partial charge in [-0.15, -0.1) is 0 Å². The molecule has 14 atom stereocenters. The minimum absolute atomic E-state index is 0.0928. The molecular formula is C31H61N3O8. The van der Waals surface area contributed by atoms with E-state index in [0.29, 0.717) is 25.8 Å². The van der Waals surface area contributed by atoms with E-state index in [9.17, 15) is 25.2 Å². The molecule has 6 N–H and O–H groups in total. The number of esters is 1. The van der Waals surface area contributed by atoms with Crippen LogP contribution in [0.15, 0.2) is 0 Å². The van der Waals surface area contributed by atoms with Crippen LogP contribution < -0.4 is 5.73 Å². The van der Waals surface area contributed by atoms with Gasteiger partial charge in [0.2, 0.25) is 0 Å². The minimum Gasteiger partial charge on any atom is -0.459 e. The molecule has 11 nitrogen and oxygen atoms in total. The molecule has 2 rings (SSSR count). The average molecular weight is 604 g/mol. The Morgan fingerprint density at radius 2 is 1.67 bits per heavy atom. The third-order valence-corrected chi connectivity index (χ3v) is 10.1. The summed E-state index contributed by atoms with van der Waals surface area (Å²) in [4.78, 5) is 17.3. The van der Waals surface area contributed by atoms with Gasteiger partial charge in [-0.25, -0.2) is 0 Å². The van der Waals surface area contributed by atoms with Crippen molar-refractivity contribution in [1.29, 1.82) is 0 Å². The summed E-state index contributed by atoms with van der Waals surface area (Å²) in [6.07, 6.45) is -3.81. The molecule has 0 saturated carbocycles. The van der Waals surface area contributed by atoms with Crippen molar-refractivity contribution in [3.05, 3.63) is 0 Å². The maximum absolute atomic E-state index is 13.5. The first kappa shape index (κ1) is 37.3. The van der Waals surface area contributed by atoms with Crippen molar-refractivity contribution in [2.45, 2.75) is 142 Å². The van der Waals surface area contributed by atoms with E-state index in [1.165, 1.54) is 6.92 Å². The van der Waals surface area contributed by atoms with Crippen LogP contribution in [0.1, 0.15) is 81.6 Å². The number of carbonyl (C=O) groups excluding carboxylic acids is 1. The van der Waals surface area contributed by atoms with Gasteiger partial charge in [-0.2, -0.15) is 0 Å². The van der Waals surface area contributed by atoms with Gasteiger partial charge in [-0.05, 0) is 78.8 Å². The van der Waals surface area contributed by atoms with Gasteiger partial charge in [0.1, 0.15) is 23.9 Å². The third-order valence-electron chi connectivity index (χ3n) is 10.1. The maximum Gasteiger partial charge on any atom is 0.309 e. The van der Waals surface area contributed by atoms with Crippen LogP contribution in [0, 0.1) is 23.7 Å². The van der Waals surface area contributed by atoms with E-state index in [0.717, 1.165) is 0 Å². The summed E-state index contributed by atoms with van der Waals surface area (Å²) in [7, 11) is 3.82. The summed E-state index contributed by atoms with van der Waals surface area (Å²) in [5.74, 6) is -1.89. The molecule has 0 amide bonds. The fourth-order valence-electron chi connectivity index (χ4n) is 7.02.